The van der Waals surface area contributed by atoms with Crippen LogP contribution in [0, 0.1) is 0 Å². The number of amides is 1. The van der Waals surface area contributed by atoms with Gasteiger partial charge in [-0.1, -0.05) is 0 Å². The summed E-state index contributed by atoms with van der Waals surface area (Å²) in [6, 6.07) is 0.0568. The number of nitrogen functional groups attached to an aromatic ring is 1. The summed E-state index contributed by atoms with van der Waals surface area (Å²) in [7, 11) is 0. The third-order valence-corrected chi connectivity index (χ3v) is 2.29. The van der Waals surface area contributed by atoms with Crippen LogP contribution in [0.2, 0.25) is 0 Å². The predicted molar refractivity (Wildman–Crippen MR) is 64.2 cm³/mol. The van der Waals surface area contributed by atoms with Gasteiger partial charge in [-0.05, 0) is 6.07 Å². The Morgan fingerprint density at radius 2 is 2.21 bits per heavy atom. The van der Waals surface area contributed by atoms with Crippen LogP contribution in [0.25, 0.3) is 0 Å². The minimum absolute atomic E-state index is 0.0374. The third-order valence-electron chi connectivity index (χ3n) is 2.29. The zero-order chi connectivity index (χ0) is 14.4. The molecule has 19 heavy (non-hydrogen) atoms. The van der Waals surface area contributed by atoms with Crippen LogP contribution in [-0.2, 0) is 16.1 Å². The number of carboxylic acids is 1. The highest BCUT2D eigenvalue weighted by atomic mass is 16.4. The molecule has 0 saturated heterocycles. The molecule has 0 aromatic carbocycles. The lowest BCUT2D eigenvalue weighted by Crippen LogP contribution is -2.43. The van der Waals surface area contributed by atoms with Gasteiger partial charge in [-0.15, -0.1) is 0 Å². The van der Waals surface area contributed by atoms with E-state index in [4.69, 9.17) is 15.9 Å². The number of carboxylic acid groups (broad SMARTS) is 1. The van der Waals surface area contributed by atoms with Gasteiger partial charge in [0.2, 0.25) is 5.91 Å². The Labute approximate surface area is 107 Å². The minimum Gasteiger partial charge on any atom is -0.480 e. The molecule has 0 aliphatic rings. The topological polar surface area (TPSA) is 148 Å². The molecular weight excluding hydrogens is 256 g/mol. The smallest absolute Gasteiger partial charge is 0.349 e. The number of nitrogens with one attached hydrogen (secondary N) is 1. The highest BCUT2D eigenvalue weighted by molar-refractivity contribution is 5.83. The SMILES string of the molecule is Nc1ccn(CCC(=O)N[C@@H](CO)C(=O)O)c(=O)n1. The fraction of sp³-hybridized carbons (Fsp3) is 0.400. The molecule has 1 aromatic rings. The van der Waals surface area contributed by atoms with Gasteiger partial charge in [0.05, 0.1) is 6.61 Å². The van der Waals surface area contributed by atoms with Crippen LogP contribution in [-0.4, -0.2) is 44.3 Å². The maximum atomic E-state index is 11.4. The van der Waals surface area contributed by atoms with E-state index in [9.17, 15) is 14.4 Å². The Hall–Kier alpha value is -2.42. The van der Waals surface area contributed by atoms with E-state index in [1.54, 1.807) is 0 Å². The third kappa shape index (κ3) is 4.39. The Morgan fingerprint density at radius 3 is 2.74 bits per heavy atom. The molecule has 0 radical (unpaired) electrons. The molecule has 1 rings (SSSR count). The van der Waals surface area contributed by atoms with E-state index in [1.165, 1.54) is 16.8 Å². The lowest BCUT2D eigenvalue weighted by molar-refractivity contribution is -0.143. The van der Waals surface area contributed by atoms with E-state index in [0.29, 0.717) is 0 Å². The number of aliphatic carboxylic acids is 1. The first-order chi connectivity index (χ1) is 8.93. The fourth-order valence-corrected chi connectivity index (χ4v) is 1.29. The van der Waals surface area contributed by atoms with Crippen LogP contribution in [0.3, 0.4) is 0 Å². The van der Waals surface area contributed by atoms with Crippen molar-refractivity contribution in [2.75, 3.05) is 12.3 Å². The zero-order valence-corrected chi connectivity index (χ0v) is 9.94. The number of hydrogen-bond donors (Lipinski definition) is 4. The Morgan fingerprint density at radius 1 is 1.53 bits per heavy atom. The van der Waals surface area contributed by atoms with Crippen LogP contribution in [0.1, 0.15) is 6.42 Å². The Kier molecular flexibility index (Phi) is 5.01. The zero-order valence-electron chi connectivity index (χ0n) is 9.94. The number of carbonyl (C=O) groups excluding carboxylic acids is 1. The molecule has 9 heteroatoms. The van der Waals surface area contributed by atoms with Crippen LogP contribution in [0.4, 0.5) is 5.82 Å². The highest BCUT2D eigenvalue weighted by Gasteiger charge is 2.18. The summed E-state index contributed by atoms with van der Waals surface area (Å²) in [6.07, 6.45) is 1.27. The second kappa shape index (κ2) is 6.50. The van der Waals surface area contributed by atoms with Gasteiger partial charge in [0.15, 0.2) is 0 Å². The molecule has 1 amide bonds. The molecule has 0 fully saturated rings. The van der Waals surface area contributed by atoms with Gasteiger partial charge in [-0.3, -0.25) is 9.36 Å². The fourth-order valence-electron chi connectivity index (χ4n) is 1.29. The summed E-state index contributed by atoms with van der Waals surface area (Å²) < 4.78 is 1.17. The van der Waals surface area contributed by atoms with E-state index in [2.05, 4.69) is 10.3 Å². The maximum Gasteiger partial charge on any atom is 0.349 e. The van der Waals surface area contributed by atoms with Gasteiger partial charge in [-0.25, -0.2) is 9.59 Å². The van der Waals surface area contributed by atoms with Crippen molar-refractivity contribution in [1.82, 2.24) is 14.9 Å². The average molecular weight is 270 g/mol. The molecule has 1 atom stereocenters. The summed E-state index contributed by atoms with van der Waals surface area (Å²) in [4.78, 5) is 36.8. The molecule has 0 aliphatic heterocycles. The summed E-state index contributed by atoms with van der Waals surface area (Å²) in [6.45, 7) is -0.667. The monoisotopic (exact) mass is 270 g/mol. The molecular formula is C10H14N4O5. The molecule has 0 bridgehead atoms. The highest BCUT2D eigenvalue weighted by Crippen LogP contribution is 1.93. The number of aromatic nitrogens is 2. The van der Waals surface area contributed by atoms with Gasteiger partial charge >= 0.3 is 11.7 Å². The second-order valence-electron chi connectivity index (χ2n) is 3.72. The van der Waals surface area contributed by atoms with E-state index >= 15 is 0 Å². The molecule has 0 spiro atoms. The lowest BCUT2D eigenvalue weighted by atomic mass is 10.3. The first kappa shape index (κ1) is 14.6. The van der Waals surface area contributed by atoms with E-state index in [0.717, 1.165) is 0 Å². The number of rotatable bonds is 6. The molecule has 1 aromatic heterocycles. The number of carbonyl (C=O) groups is 2. The van der Waals surface area contributed by atoms with Gasteiger partial charge in [0, 0.05) is 19.2 Å². The standard InChI is InChI=1S/C10H14N4O5/c11-7-1-3-14(10(19)13-7)4-2-8(16)12-6(5-15)9(17)18/h1,3,6,15H,2,4-5H2,(H,12,16)(H,17,18)(H2,11,13,19)/t6-/m0/s1. The lowest BCUT2D eigenvalue weighted by Gasteiger charge is -2.11. The largest absolute Gasteiger partial charge is 0.480 e. The van der Waals surface area contributed by atoms with Crippen molar-refractivity contribution >= 4 is 17.7 Å². The number of nitrogens with two attached hydrogens (primary N) is 1. The summed E-state index contributed by atoms with van der Waals surface area (Å²) in [5.74, 6) is -1.84. The second-order valence-corrected chi connectivity index (χ2v) is 3.72. The molecule has 0 aliphatic carbocycles. The molecule has 0 saturated carbocycles. The summed E-state index contributed by atoms with van der Waals surface area (Å²) in [5, 5.41) is 19.5. The molecule has 9 nitrogen and oxygen atoms in total. The quantitative estimate of drug-likeness (QED) is 0.457. The normalized spacial score (nSPS) is 11.8. The summed E-state index contributed by atoms with van der Waals surface area (Å²) in [5.41, 5.74) is 4.71. The van der Waals surface area contributed by atoms with Gasteiger partial charge in [0.25, 0.3) is 0 Å². The van der Waals surface area contributed by atoms with Crippen molar-refractivity contribution in [3.63, 3.8) is 0 Å². The number of nitrogens with zero attached hydrogens (tertiary/aromatic N) is 2. The Bertz CT molecular complexity index is 527. The summed E-state index contributed by atoms with van der Waals surface area (Å²) >= 11 is 0. The van der Waals surface area contributed by atoms with Crippen LogP contribution < -0.4 is 16.7 Å². The molecule has 104 valence electrons. The van der Waals surface area contributed by atoms with E-state index in [-0.39, 0.29) is 18.8 Å². The predicted octanol–water partition coefficient (Wildman–Crippen LogP) is -2.22. The van der Waals surface area contributed by atoms with Gasteiger partial charge in [0.1, 0.15) is 11.9 Å². The van der Waals surface area contributed by atoms with E-state index in [1.807, 2.05) is 0 Å². The van der Waals surface area contributed by atoms with Crippen molar-refractivity contribution in [1.29, 1.82) is 0 Å². The van der Waals surface area contributed by atoms with Crippen molar-refractivity contribution in [3.05, 3.63) is 22.7 Å². The van der Waals surface area contributed by atoms with E-state index < -0.39 is 30.2 Å². The van der Waals surface area contributed by atoms with Crippen molar-refractivity contribution in [2.24, 2.45) is 0 Å². The maximum absolute atomic E-state index is 11.4. The first-order valence-corrected chi connectivity index (χ1v) is 5.40. The first-order valence-electron chi connectivity index (χ1n) is 5.40. The number of hydrogen-bond acceptors (Lipinski definition) is 6. The van der Waals surface area contributed by atoms with Gasteiger partial charge < -0.3 is 21.3 Å². The van der Waals surface area contributed by atoms with Crippen LogP contribution >= 0.6 is 0 Å². The number of anilines is 1. The number of aliphatic hydroxyl groups is 1. The van der Waals surface area contributed by atoms with Crippen LogP contribution in [0.5, 0.6) is 0 Å². The van der Waals surface area contributed by atoms with Crippen LogP contribution in [0.15, 0.2) is 17.1 Å². The molecule has 5 N–H and O–H groups in total. The van der Waals surface area contributed by atoms with Crippen molar-refractivity contribution < 1.29 is 19.8 Å². The van der Waals surface area contributed by atoms with Crippen molar-refractivity contribution in [2.45, 2.75) is 19.0 Å². The molecule has 0 unspecified atom stereocenters. The van der Waals surface area contributed by atoms with Crippen molar-refractivity contribution in [3.8, 4) is 0 Å². The minimum atomic E-state index is -1.35. The van der Waals surface area contributed by atoms with Gasteiger partial charge in [-0.2, -0.15) is 4.98 Å². The number of aryl methyl sites for hydroxylation is 1. The Balaban J connectivity index is 2.54. The molecule has 1 heterocycles. The number of aliphatic hydroxyl groups excluding tert-OH is 1. The average Bonchev–Trinajstić information content (AvgIpc) is 2.34.